The van der Waals surface area contributed by atoms with Gasteiger partial charge in [-0.15, -0.1) is 0 Å². The summed E-state index contributed by atoms with van der Waals surface area (Å²) in [6.07, 6.45) is 1.24. The molecule has 1 atom stereocenters. The Hall–Kier alpha value is -2.38. The molecule has 0 radical (unpaired) electrons. The number of fused-ring (bicyclic) bond motifs is 2. The van der Waals surface area contributed by atoms with E-state index in [4.69, 9.17) is 9.47 Å². The van der Waals surface area contributed by atoms with Gasteiger partial charge in [-0.3, -0.25) is 0 Å². The van der Waals surface area contributed by atoms with Crippen LogP contribution >= 0.6 is 0 Å². The largest absolute Gasteiger partial charge is 0.497 e. The maximum absolute atomic E-state index is 13.3. The number of hydrogen-bond acceptors (Lipinski definition) is 5. The molecule has 0 aromatic heterocycles. The normalized spacial score (nSPS) is 22.5. The lowest BCUT2D eigenvalue weighted by Crippen LogP contribution is -2.48. The third-order valence-electron chi connectivity index (χ3n) is 5.35. The van der Waals surface area contributed by atoms with Gasteiger partial charge in [-0.05, 0) is 49.6 Å². The van der Waals surface area contributed by atoms with E-state index in [0.29, 0.717) is 36.3 Å². The highest BCUT2D eigenvalue weighted by molar-refractivity contribution is 7.89. The Labute approximate surface area is 158 Å². The molecule has 6 nitrogen and oxygen atoms in total. The Morgan fingerprint density at radius 3 is 2.70 bits per heavy atom. The van der Waals surface area contributed by atoms with Crippen LogP contribution in [0, 0.1) is 6.92 Å². The number of benzene rings is 2. The first-order valence-corrected chi connectivity index (χ1v) is 10.3. The van der Waals surface area contributed by atoms with E-state index in [1.54, 1.807) is 44.4 Å². The van der Waals surface area contributed by atoms with Crippen molar-refractivity contribution in [2.45, 2.75) is 30.3 Å². The molecular weight excluding hydrogens is 366 g/mol. The van der Waals surface area contributed by atoms with E-state index in [2.05, 4.69) is 0 Å². The zero-order chi connectivity index (χ0) is 19.2. The SMILES string of the molecule is COc1ccc(S(=O)(=O)N2CCCC3(C2)OC(=O)c2ccccc23)c(C)c1. The van der Waals surface area contributed by atoms with Crippen molar-refractivity contribution in [3.63, 3.8) is 0 Å². The number of ether oxygens (including phenoxy) is 2. The van der Waals surface area contributed by atoms with Crippen molar-refractivity contribution in [1.82, 2.24) is 4.31 Å². The molecule has 27 heavy (non-hydrogen) atoms. The molecule has 2 aromatic rings. The number of hydrogen-bond donors (Lipinski definition) is 0. The predicted molar refractivity (Wildman–Crippen MR) is 99.3 cm³/mol. The first-order valence-electron chi connectivity index (χ1n) is 8.85. The highest BCUT2D eigenvalue weighted by atomic mass is 32.2. The van der Waals surface area contributed by atoms with Gasteiger partial charge in [0.15, 0.2) is 5.60 Å². The van der Waals surface area contributed by atoms with Crippen molar-refractivity contribution in [3.8, 4) is 5.75 Å². The first kappa shape index (κ1) is 18.0. The van der Waals surface area contributed by atoms with Crippen molar-refractivity contribution in [1.29, 1.82) is 0 Å². The number of nitrogens with zero attached hydrogens (tertiary/aromatic N) is 1. The van der Waals surface area contributed by atoms with Gasteiger partial charge in [0.05, 0.1) is 24.1 Å². The van der Waals surface area contributed by atoms with Gasteiger partial charge in [-0.1, -0.05) is 18.2 Å². The number of aryl methyl sites for hydroxylation is 1. The molecule has 0 amide bonds. The molecule has 0 bridgehead atoms. The number of sulfonamides is 1. The van der Waals surface area contributed by atoms with Crippen LogP contribution in [-0.4, -0.2) is 38.9 Å². The summed E-state index contributed by atoms with van der Waals surface area (Å²) in [5.74, 6) is 0.227. The van der Waals surface area contributed by atoms with Gasteiger partial charge in [0.25, 0.3) is 0 Å². The topological polar surface area (TPSA) is 72.9 Å². The van der Waals surface area contributed by atoms with Crippen molar-refractivity contribution in [2.75, 3.05) is 20.2 Å². The standard InChI is InChI=1S/C20H21NO5S/c1-14-12-15(25-2)8-9-18(14)27(23,24)21-11-5-10-20(13-21)17-7-4-3-6-16(17)19(22)26-20/h3-4,6-9,12H,5,10-11,13H2,1-2H3. The van der Waals surface area contributed by atoms with E-state index in [1.165, 1.54) is 4.31 Å². The van der Waals surface area contributed by atoms with E-state index in [1.807, 2.05) is 12.1 Å². The zero-order valence-corrected chi connectivity index (χ0v) is 16.1. The second-order valence-electron chi connectivity index (χ2n) is 7.00. The number of methoxy groups -OCH3 is 1. The van der Waals surface area contributed by atoms with E-state index in [9.17, 15) is 13.2 Å². The maximum Gasteiger partial charge on any atom is 0.339 e. The van der Waals surface area contributed by atoms with Crippen LogP contribution in [0.2, 0.25) is 0 Å². The lowest BCUT2D eigenvalue weighted by atomic mass is 9.86. The first-order chi connectivity index (χ1) is 12.9. The highest BCUT2D eigenvalue weighted by Gasteiger charge is 2.50. The summed E-state index contributed by atoms with van der Waals surface area (Å²) in [6, 6.07) is 12.1. The summed E-state index contributed by atoms with van der Waals surface area (Å²) in [4.78, 5) is 12.5. The van der Waals surface area contributed by atoms with Gasteiger partial charge in [-0.2, -0.15) is 4.31 Å². The molecular formula is C20H21NO5S. The van der Waals surface area contributed by atoms with E-state index in [0.717, 1.165) is 5.56 Å². The molecule has 0 saturated carbocycles. The Balaban J connectivity index is 1.71. The van der Waals surface area contributed by atoms with Crippen LogP contribution in [0.3, 0.4) is 0 Å². The van der Waals surface area contributed by atoms with Crippen LogP contribution < -0.4 is 4.74 Å². The summed E-state index contributed by atoms with van der Waals surface area (Å²) in [6.45, 7) is 2.28. The monoisotopic (exact) mass is 387 g/mol. The third kappa shape index (κ3) is 2.82. The van der Waals surface area contributed by atoms with Crippen molar-refractivity contribution >= 4 is 16.0 Å². The minimum Gasteiger partial charge on any atom is -0.497 e. The highest BCUT2D eigenvalue weighted by Crippen LogP contribution is 2.44. The molecule has 4 rings (SSSR count). The average Bonchev–Trinajstić information content (AvgIpc) is 2.93. The van der Waals surface area contributed by atoms with E-state index < -0.39 is 15.6 Å². The quantitative estimate of drug-likeness (QED) is 0.757. The summed E-state index contributed by atoms with van der Waals surface area (Å²) in [5, 5.41) is 0. The Kier molecular flexibility index (Phi) is 4.24. The molecule has 1 unspecified atom stereocenters. The molecule has 2 aromatic carbocycles. The van der Waals surface area contributed by atoms with Crippen LogP contribution in [0.1, 0.15) is 34.3 Å². The van der Waals surface area contributed by atoms with Gasteiger partial charge in [0.1, 0.15) is 5.75 Å². The number of carbonyl (C=O) groups excluding carboxylic acids is 1. The van der Waals surface area contributed by atoms with Crippen molar-refractivity contribution in [3.05, 3.63) is 59.2 Å². The van der Waals surface area contributed by atoms with E-state index in [-0.39, 0.29) is 17.4 Å². The zero-order valence-electron chi connectivity index (χ0n) is 15.3. The third-order valence-corrected chi connectivity index (χ3v) is 7.35. The summed E-state index contributed by atoms with van der Waals surface area (Å²) in [7, 11) is -2.17. The molecule has 7 heteroatoms. The average molecular weight is 387 g/mol. The second kappa shape index (κ2) is 6.35. The molecule has 2 heterocycles. The maximum atomic E-state index is 13.3. The van der Waals surface area contributed by atoms with Crippen LogP contribution in [0.25, 0.3) is 0 Å². The van der Waals surface area contributed by atoms with Crippen molar-refractivity contribution < 1.29 is 22.7 Å². The minimum absolute atomic E-state index is 0.129. The fourth-order valence-corrected chi connectivity index (χ4v) is 5.75. The Bertz CT molecular complexity index is 1020. The molecule has 2 aliphatic heterocycles. The van der Waals surface area contributed by atoms with Gasteiger partial charge < -0.3 is 9.47 Å². The predicted octanol–water partition coefficient (Wildman–Crippen LogP) is 2.85. The van der Waals surface area contributed by atoms with Gasteiger partial charge in [0, 0.05) is 12.1 Å². The fourth-order valence-electron chi connectivity index (χ4n) is 4.02. The number of piperidine rings is 1. The van der Waals surface area contributed by atoms with Crippen LogP contribution in [0.15, 0.2) is 47.4 Å². The Morgan fingerprint density at radius 1 is 1.19 bits per heavy atom. The van der Waals surface area contributed by atoms with Crippen molar-refractivity contribution in [2.24, 2.45) is 0 Å². The minimum atomic E-state index is -3.71. The van der Waals surface area contributed by atoms with Crippen LogP contribution in [0.4, 0.5) is 0 Å². The van der Waals surface area contributed by atoms with Gasteiger partial charge >= 0.3 is 5.97 Å². The van der Waals surface area contributed by atoms with E-state index >= 15 is 0 Å². The smallest absolute Gasteiger partial charge is 0.339 e. The van der Waals surface area contributed by atoms with Crippen LogP contribution in [-0.2, 0) is 20.4 Å². The van der Waals surface area contributed by atoms with Crippen LogP contribution in [0.5, 0.6) is 5.75 Å². The molecule has 2 aliphatic rings. The van der Waals surface area contributed by atoms with Gasteiger partial charge in [-0.25, -0.2) is 13.2 Å². The number of carbonyl (C=O) groups is 1. The summed E-state index contributed by atoms with van der Waals surface area (Å²) in [5.41, 5.74) is 1.02. The number of esters is 1. The lowest BCUT2D eigenvalue weighted by molar-refractivity contribution is -0.0345. The molecule has 1 spiro atoms. The fraction of sp³-hybridized carbons (Fsp3) is 0.350. The molecule has 1 saturated heterocycles. The summed E-state index contributed by atoms with van der Waals surface area (Å²) < 4.78 is 38.9. The summed E-state index contributed by atoms with van der Waals surface area (Å²) >= 11 is 0. The van der Waals surface area contributed by atoms with Gasteiger partial charge in [0.2, 0.25) is 10.0 Å². The lowest BCUT2D eigenvalue weighted by Gasteiger charge is -2.39. The second-order valence-corrected chi connectivity index (χ2v) is 8.91. The molecule has 0 aliphatic carbocycles. The molecule has 142 valence electrons. The Morgan fingerprint density at radius 2 is 1.96 bits per heavy atom. The molecule has 0 N–H and O–H groups in total. The molecule has 1 fully saturated rings. The number of rotatable bonds is 3.